The second-order valence-electron chi connectivity index (χ2n) is 5.37. The first-order chi connectivity index (χ1) is 10.6. The first-order valence-corrected chi connectivity index (χ1v) is 8.47. The molecule has 22 heavy (non-hydrogen) atoms. The van der Waals surface area contributed by atoms with Gasteiger partial charge in [0.15, 0.2) is 5.11 Å². The van der Waals surface area contributed by atoms with Gasteiger partial charge in [-0.05, 0) is 35.8 Å². The van der Waals surface area contributed by atoms with E-state index in [0.717, 1.165) is 19.6 Å². The van der Waals surface area contributed by atoms with Gasteiger partial charge in [0.2, 0.25) is 0 Å². The molecular formula is C16H21FN3S2+. The molecule has 0 fully saturated rings. The number of halogens is 1. The minimum Gasteiger partial charge on any atom is -0.338 e. The van der Waals surface area contributed by atoms with E-state index in [4.69, 9.17) is 12.2 Å². The van der Waals surface area contributed by atoms with Gasteiger partial charge in [0.1, 0.15) is 5.82 Å². The molecule has 3 nitrogen and oxygen atoms in total. The Morgan fingerprint density at radius 2 is 2.05 bits per heavy atom. The summed E-state index contributed by atoms with van der Waals surface area (Å²) in [6, 6.07) is 10.7. The molecule has 2 N–H and O–H groups in total. The molecule has 0 unspecified atom stereocenters. The molecule has 0 radical (unpaired) electrons. The fourth-order valence-corrected chi connectivity index (χ4v) is 2.94. The molecule has 0 saturated heterocycles. The van der Waals surface area contributed by atoms with Crippen molar-refractivity contribution >= 4 is 34.4 Å². The van der Waals surface area contributed by atoms with Crippen LogP contribution in [0.25, 0.3) is 0 Å². The van der Waals surface area contributed by atoms with Crippen molar-refractivity contribution < 1.29 is 9.29 Å². The maximum absolute atomic E-state index is 13.8. The second kappa shape index (κ2) is 8.22. The molecule has 0 saturated carbocycles. The molecule has 2 aromatic rings. The third kappa shape index (κ3) is 5.05. The van der Waals surface area contributed by atoms with Crippen LogP contribution >= 0.6 is 23.6 Å². The van der Waals surface area contributed by atoms with Gasteiger partial charge in [-0.1, -0.05) is 18.2 Å². The second-order valence-corrected chi connectivity index (χ2v) is 6.79. The molecule has 0 amide bonds. The summed E-state index contributed by atoms with van der Waals surface area (Å²) in [5, 5.41) is 5.63. The fraction of sp³-hybridized carbons (Fsp3) is 0.312. The topological polar surface area (TPSA) is 19.7 Å². The molecule has 6 heteroatoms. The van der Waals surface area contributed by atoms with Crippen molar-refractivity contribution in [2.24, 2.45) is 0 Å². The van der Waals surface area contributed by atoms with Crippen LogP contribution < -0.4 is 10.2 Å². The van der Waals surface area contributed by atoms with Crippen LogP contribution in [0.15, 0.2) is 41.8 Å². The van der Waals surface area contributed by atoms with Gasteiger partial charge < -0.3 is 15.1 Å². The van der Waals surface area contributed by atoms with Crippen LogP contribution in [0.2, 0.25) is 0 Å². The molecule has 0 aliphatic carbocycles. The number of nitrogens with zero attached hydrogens (tertiary/aromatic N) is 1. The van der Waals surface area contributed by atoms with Gasteiger partial charge in [-0.15, -0.1) is 11.3 Å². The summed E-state index contributed by atoms with van der Waals surface area (Å²) < 4.78 is 13.8. The summed E-state index contributed by atoms with van der Waals surface area (Å²) in [6.07, 6.45) is 0. The standard InChI is InChI=1S/C16H20FN3S2/c1-19(2)9-10-20(12-13-6-5-11-22-13)16(21)18-15-8-4-3-7-14(15)17/h3-8,11H,9-10,12H2,1-2H3,(H,18,21)/p+1. The van der Waals surface area contributed by atoms with E-state index in [1.54, 1.807) is 29.5 Å². The maximum Gasteiger partial charge on any atom is 0.174 e. The van der Waals surface area contributed by atoms with Crippen LogP contribution in [0.4, 0.5) is 10.1 Å². The molecule has 0 spiro atoms. The Hall–Kier alpha value is -1.50. The van der Waals surface area contributed by atoms with E-state index in [2.05, 4.69) is 35.8 Å². The van der Waals surface area contributed by atoms with Crippen LogP contribution in [0.3, 0.4) is 0 Å². The predicted molar refractivity (Wildman–Crippen MR) is 95.0 cm³/mol. The molecule has 1 heterocycles. The third-order valence-electron chi connectivity index (χ3n) is 3.21. The highest BCUT2D eigenvalue weighted by Gasteiger charge is 2.14. The van der Waals surface area contributed by atoms with E-state index in [9.17, 15) is 4.39 Å². The van der Waals surface area contributed by atoms with E-state index >= 15 is 0 Å². The van der Waals surface area contributed by atoms with E-state index in [-0.39, 0.29) is 5.82 Å². The minimum absolute atomic E-state index is 0.292. The van der Waals surface area contributed by atoms with Crippen molar-refractivity contribution in [1.29, 1.82) is 0 Å². The van der Waals surface area contributed by atoms with Gasteiger partial charge in [-0.2, -0.15) is 0 Å². The molecule has 118 valence electrons. The minimum atomic E-state index is -0.292. The van der Waals surface area contributed by atoms with Crippen LogP contribution in [0.1, 0.15) is 4.88 Å². The molecule has 0 bridgehead atoms. The van der Waals surface area contributed by atoms with Crippen molar-refractivity contribution in [1.82, 2.24) is 4.90 Å². The lowest BCUT2D eigenvalue weighted by molar-refractivity contribution is -0.857. The third-order valence-corrected chi connectivity index (χ3v) is 4.43. The fourth-order valence-electron chi connectivity index (χ4n) is 1.96. The molecule has 2 rings (SSSR count). The normalized spacial score (nSPS) is 10.7. The molecular weight excluding hydrogens is 317 g/mol. The smallest absolute Gasteiger partial charge is 0.174 e. The lowest BCUT2D eigenvalue weighted by atomic mass is 10.3. The number of rotatable bonds is 6. The highest BCUT2D eigenvalue weighted by atomic mass is 32.1. The Morgan fingerprint density at radius 1 is 1.27 bits per heavy atom. The number of thiocarbonyl (C=S) groups is 1. The maximum atomic E-state index is 13.8. The summed E-state index contributed by atoms with van der Waals surface area (Å²) in [7, 11) is 4.22. The Bertz CT molecular complexity index is 599. The zero-order valence-corrected chi connectivity index (χ0v) is 14.4. The number of likely N-dealkylation sites (N-methyl/N-ethyl adjacent to an activating group) is 1. The van der Waals surface area contributed by atoms with Crippen LogP contribution in [-0.2, 0) is 6.54 Å². The van der Waals surface area contributed by atoms with Crippen LogP contribution in [0.5, 0.6) is 0 Å². The monoisotopic (exact) mass is 338 g/mol. The van der Waals surface area contributed by atoms with E-state index in [1.807, 2.05) is 6.07 Å². The molecule has 1 aromatic carbocycles. The number of hydrogen-bond acceptors (Lipinski definition) is 2. The van der Waals surface area contributed by atoms with Crippen molar-refractivity contribution in [2.45, 2.75) is 6.54 Å². The van der Waals surface area contributed by atoms with Crippen molar-refractivity contribution in [3.8, 4) is 0 Å². The molecule has 0 aliphatic heterocycles. The van der Waals surface area contributed by atoms with Crippen molar-refractivity contribution in [3.05, 3.63) is 52.5 Å². The number of quaternary nitrogens is 1. The quantitative estimate of drug-likeness (QED) is 0.788. The number of nitrogens with one attached hydrogen (secondary N) is 2. The predicted octanol–water partition coefficient (Wildman–Crippen LogP) is 2.23. The van der Waals surface area contributed by atoms with Crippen LogP contribution in [-0.4, -0.2) is 37.2 Å². The van der Waals surface area contributed by atoms with Crippen LogP contribution in [0, 0.1) is 5.82 Å². The summed E-state index contributed by atoms with van der Waals surface area (Å²) in [5.41, 5.74) is 0.417. The lowest BCUT2D eigenvalue weighted by Gasteiger charge is -2.26. The van der Waals surface area contributed by atoms with Gasteiger partial charge in [0.05, 0.1) is 39.4 Å². The largest absolute Gasteiger partial charge is 0.338 e. The Kier molecular flexibility index (Phi) is 6.30. The number of benzene rings is 1. The molecule has 1 aromatic heterocycles. The molecule has 0 aliphatic rings. The van der Waals surface area contributed by atoms with Gasteiger partial charge in [0.25, 0.3) is 0 Å². The Morgan fingerprint density at radius 3 is 2.68 bits per heavy atom. The number of hydrogen-bond donors (Lipinski definition) is 2. The summed E-state index contributed by atoms with van der Waals surface area (Å²) >= 11 is 7.19. The molecule has 0 atom stereocenters. The van der Waals surface area contributed by atoms with Gasteiger partial charge in [-0.25, -0.2) is 4.39 Å². The summed E-state index contributed by atoms with van der Waals surface area (Å²) in [6.45, 7) is 2.52. The average molecular weight is 338 g/mol. The zero-order valence-electron chi connectivity index (χ0n) is 12.8. The lowest BCUT2D eigenvalue weighted by Crippen LogP contribution is -3.06. The number of anilines is 1. The zero-order chi connectivity index (χ0) is 15.9. The first-order valence-electron chi connectivity index (χ1n) is 7.18. The van der Waals surface area contributed by atoms with Crippen molar-refractivity contribution in [3.63, 3.8) is 0 Å². The Balaban J connectivity index is 2.06. The van der Waals surface area contributed by atoms with Gasteiger partial charge in [-0.3, -0.25) is 0 Å². The van der Waals surface area contributed by atoms with E-state index in [1.165, 1.54) is 15.8 Å². The Labute approximate surface area is 140 Å². The average Bonchev–Trinajstić information content (AvgIpc) is 2.98. The van der Waals surface area contributed by atoms with E-state index < -0.39 is 0 Å². The number of para-hydroxylation sites is 1. The highest BCUT2D eigenvalue weighted by Crippen LogP contribution is 2.16. The van der Waals surface area contributed by atoms with Gasteiger partial charge in [0, 0.05) is 4.88 Å². The van der Waals surface area contributed by atoms with Gasteiger partial charge >= 0.3 is 0 Å². The van der Waals surface area contributed by atoms with E-state index in [0.29, 0.717) is 10.8 Å². The van der Waals surface area contributed by atoms with Crippen molar-refractivity contribution in [2.75, 3.05) is 32.5 Å². The SMILES string of the molecule is C[NH+](C)CCN(Cc1cccs1)C(=S)Nc1ccccc1F. The number of thiophene rings is 1. The first kappa shape index (κ1) is 16.9. The summed E-state index contributed by atoms with van der Waals surface area (Å²) in [4.78, 5) is 4.68. The highest BCUT2D eigenvalue weighted by molar-refractivity contribution is 7.80. The summed E-state index contributed by atoms with van der Waals surface area (Å²) in [5.74, 6) is -0.292.